The van der Waals surface area contributed by atoms with Gasteiger partial charge in [0.1, 0.15) is 17.5 Å². The van der Waals surface area contributed by atoms with Crippen LogP contribution in [0, 0.1) is 12.3 Å². The van der Waals surface area contributed by atoms with E-state index < -0.39 is 12.1 Å². The summed E-state index contributed by atoms with van der Waals surface area (Å²) in [5.74, 6) is 1.37. The summed E-state index contributed by atoms with van der Waals surface area (Å²) in [6.07, 6.45) is 1.45. The molecule has 1 aliphatic rings. The van der Waals surface area contributed by atoms with Crippen LogP contribution in [0.1, 0.15) is 26.3 Å². The number of anilines is 1. The molecule has 1 aromatic carbocycles. The molecule has 7 heteroatoms. The molecule has 142 valence electrons. The average Bonchev–Trinajstić information content (AvgIpc) is 2.92. The summed E-state index contributed by atoms with van der Waals surface area (Å²) in [7, 11) is 1.60. The summed E-state index contributed by atoms with van der Waals surface area (Å²) in [6, 6.07) is 7.72. The van der Waals surface area contributed by atoms with Crippen LogP contribution in [-0.4, -0.2) is 30.1 Å². The second-order valence-electron chi connectivity index (χ2n) is 7.51. The van der Waals surface area contributed by atoms with Gasteiger partial charge in [-0.3, -0.25) is 4.79 Å². The maximum absolute atomic E-state index is 12.6. The van der Waals surface area contributed by atoms with Gasteiger partial charge in [-0.1, -0.05) is 26.8 Å². The Morgan fingerprint density at radius 1 is 1.15 bits per heavy atom. The first kappa shape index (κ1) is 18.7. The highest BCUT2D eigenvalue weighted by Crippen LogP contribution is 2.30. The van der Waals surface area contributed by atoms with E-state index in [4.69, 9.17) is 9.47 Å². The number of nitrogens with zero attached hydrogens (tertiary/aromatic N) is 2. The quantitative estimate of drug-likeness (QED) is 0.832. The van der Waals surface area contributed by atoms with Crippen LogP contribution >= 0.6 is 0 Å². The Kier molecular flexibility index (Phi) is 4.78. The molecule has 1 fully saturated rings. The van der Waals surface area contributed by atoms with Gasteiger partial charge >= 0.3 is 6.03 Å². The summed E-state index contributed by atoms with van der Waals surface area (Å²) in [6.45, 7) is 7.66. The largest absolute Gasteiger partial charge is 0.496 e. The van der Waals surface area contributed by atoms with E-state index in [9.17, 15) is 9.59 Å². The number of carbonyl (C=O) groups is 2. The molecule has 0 saturated carbocycles. The van der Waals surface area contributed by atoms with Gasteiger partial charge in [-0.25, -0.2) is 14.7 Å². The molecule has 1 aromatic heterocycles. The number of urea groups is 1. The number of aryl methyl sites for hydroxylation is 1. The van der Waals surface area contributed by atoms with Crippen LogP contribution < -0.4 is 19.7 Å². The third kappa shape index (κ3) is 3.72. The van der Waals surface area contributed by atoms with Crippen molar-refractivity contribution in [1.82, 2.24) is 10.3 Å². The molecule has 0 spiro atoms. The monoisotopic (exact) mass is 369 g/mol. The minimum atomic E-state index is -0.569. The van der Waals surface area contributed by atoms with E-state index in [-0.39, 0.29) is 11.3 Å². The van der Waals surface area contributed by atoms with Crippen molar-refractivity contribution in [2.75, 3.05) is 12.0 Å². The van der Waals surface area contributed by atoms with Crippen LogP contribution in [0.2, 0.25) is 0 Å². The van der Waals surface area contributed by atoms with E-state index in [1.54, 1.807) is 25.3 Å². The maximum atomic E-state index is 12.6. The summed E-state index contributed by atoms with van der Waals surface area (Å²) in [5.41, 5.74) is 1.03. The molecule has 1 N–H and O–H groups in total. The lowest BCUT2D eigenvalue weighted by Gasteiger charge is -2.24. The van der Waals surface area contributed by atoms with E-state index in [1.807, 2.05) is 39.8 Å². The molecule has 1 saturated heterocycles. The zero-order valence-electron chi connectivity index (χ0n) is 16.1. The zero-order chi connectivity index (χ0) is 19.8. The summed E-state index contributed by atoms with van der Waals surface area (Å²) in [4.78, 5) is 30.2. The van der Waals surface area contributed by atoms with Crippen molar-refractivity contribution in [2.45, 2.75) is 33.7 Å². The predicted octanol–water partition coefficient (Wildman–Crippen LogP) is 3.66. The summed E-state index contributed by atoms with van der Waals surface area (Å²) in [5, 5.41) is 2.73. The van der Waals surface area contributed by atoms with Crippen molar-refractivity contribution < 1.29 is 19.1 Å². The van der Waals surface area contributed by atoms with Gasteiger partial charge in [-0.15, -0.1) is 0 Å². The zero-order valence-corrected chi connectivity index (χ0v) is 16.1. The third-order valence-corrected chi connectivity index (χ3v) is 4.39. The molecule has 27 heavy (non-hydrogen) atoms. The molecule has 0 aliphatic carbocycles. The predicted molar refractivity (Wildman–Crippen MR) is 101 cm³/mol. The minimum absolute atomic E-state index is 0.286. The van der Waals surface area contributed by atoms with Crippen LogP contribution in [0.3, 0.4) is 0 Å². The fourth-order valence-corrected chi connectivity index (χ4v) is 2.86. The third-order valence-electron chi connectivity index (χ3n) is 4.39. The van der Waals surface area contributed by atoms with Crippen molar-refractivity contribution in [3.63, 3.8) is 0 Å². The lowest BCUT2D eigenvalue weighted by molar-refractivity contribution is -0.120. The van der Waals surface area contributed by atoms with Crippen LogP contribution in [0.15, 0.2) is 36.5 Å². The van der Waals surface area contributed by atoms with Crippen LogP contribution in [-0.2, 0) is 4.79 Å². The first-order valence-corrected chi connectivity index (χ1v) is 8.63. The van der Waals surface area contributed by atoms with Crippen LogP contribution in [0.4, 0.5) is 10.5 Å². The van der Waals surface area contributed by atoms with E-state index in [0.29, 0.717) is 17.3 Å². The fourth-order valence-electron chi connectivity index (χ4n) is 2.86. The number of amides is 3. The highest BCUT2D eigenvalue weighted by molar-refractivity contribution is 6.21. The molecule has 0 unspecified atom stereocenters. The normalized spacial score (nSPS) is 17.1. The van der Waals surface area contributed by atoms with Gasteiger partial charge in [0.05, 0.1) is 19.0 Å². The van der Waals surface area contributed by atoms with Gasteiger partial charge < -0.3 is 14.8 Å². The van der Waals surface area contributed by atoms with Crippen molar-refractivity contribution in [3.05, 3.63) is 42.1 Å². The number of nitrogens with one attached hydrogen (secondary N) is 1. The Bertz CT molecular complexity index is 872. The van der Waals surface area contributed by atoms with Gasteiger partial charge in [-0.05, 0) is 30.0 Å². The van der Waals surface area contributed by atoms with Crippen LogP contribution in [0.5, 0.6) is 17.4 Å². The molecule has 7 nitrogen and oxygen atoms in total. The molecule has 0 bridgehead atoms. The highest BCUT2D eigenvalue weighted by atomic mass is 16.5. The van der Waals surface area contributed by atoms with E-state index in [2.05, 4.69) is 10.3 Å². The summed E-state index contributed by atoms with van der Waals surface area (Å²) >= 11 is 0. The molecule has 0 radical (unpaired) electrons. The molecular weight excluding hydrogens is 346 g/mol. The lowest BCUT2D eigenvalue weighted by atomic mass is 9.87. The standard InChI is InChI=1S/C20H23N3O4/c1-12-6-8-14(10-15(12)26-5)27-16-9-7-13(11-21-16)23-18(24)17(20(2,3)4)22-19(23)25/h6-11,17H,1-5H3,(H,22,25)/t17-/m0/s1. The number of hydrogen-bond acceptors (Lipinski definition) is 5. The molecule has 2 heterocycles. The lowest BCUT2D eigenvalue weighted by Crippen LogP contribution is -2.41. The van der Waals surface area contributed by atoms with E-state index in [0.717, 1.165) is 16.2 Å². The van der Waals surface area contributed by atoms with Crippen molar-refractivity contribution in [3.8, 4) is 17.4 Å². The number of ether oxygens (including phenoxy) is 2. The molecular formula is C20H23N3O4. The van der Waals surface area contributed by atoms with Gasteiger partial charge in [0.15, 0.2) is 0 Å². The Morgan fingerprint density at radius 2 is 1.89 bits per heavy atom. The topological polar surface area (TPSA) is 80.8 Å². The SMILES string of the molecule is COc1cc(Oc2ccc(N3C(=O)N[C@H](C(C)(C)C)C3=O)cn2)ccc1C. The van der Waals surface area contributed by atoms with Gasteiger partial charge in [0.25, 0.3) is 5.91 Å². The highest BCUT2D eigenvalue weighted by Gasteiger charge is 2.45. The van der Waals surface area contributed by atoms with E-state index >= 15 is 0 Å². The van der Waals surface area contributed by atoms with Crippen molar-refractivity contribution >= 4 is 17.6 Å². The van der Waals surface area contributed by atoms with Crippen LogP contribution in [0.25, 0.3) is 0 Å². The molecule has 3 rings (SSSR count). The number of rotatable bonds is 4. The first-order chi connectivity index (χ1) is 12.7. The van der Waals surface area contributed by atoms with Crippen molar-refractivity contribution in [1.29, 1.82) is 0 Å². The molecule has 2 aromatic rings. The Hall–Kier alpha value is -3.09. The smallest absolute Gasteiger partial charge is 0.329 e. The molecule has 1 atom stereocenters. The van der Waals surface area contributed by atoms with Gasteiger partial charge in [0.2, 0.25) is 5.88 Å². The number of imide groups is 1. The number of benzene rings is 1. The second kappa shape index (κ2) is 6.90. The number of carbonyl (C=O) groups excluding carboxylic acids is 2. The fraction of sp³-hybridized carbons (Fsp3) is 0.350. The maximum Gasteiger partial charge on any atom is 0.329 e. The number of methoxy groups -OCH3 is 1. The van der Waals surface area contributed by atoms with Gasteiger partial charge in [0, 0.05) is 12.1 Å². The minimum Gasteiger partial charge on any atom is -0.496 e. The Morgan fingerprint density at radius 3 is 2.44 bits per heavy atom. The number of hydrogen-bond donors (Lipinski definition) is 1. The van der Waals surface area contributed by atoms with E-state index in [1.165, 1.54) is 6.20 Å². The number of aromatic nitrogens is 1. The number of pyridine rings is 1. The summed E-state index contributed by atoms with van der Waals surface area (Å²) < 4.78 is 11.0. The Balaban J connectivity index is 1.78. The Labute approximate surface area is 158 Å². The second-order valence-corrected chi connectivity index (χ2v) is 7.51. The average molecular weight is 369 g/mol. The molecule has 1 aliphatic heterocycles. The van der Waals surface area contributed by atoms with Gasteiger partial charge in [-0.2, -0.15) is 0 Å². The van der Waals surface area contributed by atoms with Crippen molar-refractivity contribution in [2.24, 2.45) is 5.41 Å². The molecule has 3 amide bonds. The first-order valence-electron chi connectivity index (χ1n) is 8.63.